The minimum Gasteiger partial charge on any atom is -0.491 e. The molecule has 1 amide bonds. The fraction of sp³-hybridized carbons (Fsp3) is 0.556. The smallest absolute Gasteiger partial charge is 0.307 e. The van der Waals surface area contributed by atoms with Gasteiger partial charge in [-0.05, 0) is 37.1 Å². The molecule has 0 bridgehead atoms. The third kappa shape index (κ3) is 7.59. The Balaban J connectivity index is 0.00000338. The van der Waals surface area contributed by atoms with Gasteiger partial charge in [0.25, 0.3) is 0 Å². The van der Waals surface area contributed by atoms with E-state index in [1.165, 1.54) is 0 Å². The second-order valence-corrected chi connectivity index (χ2v) is 6.17. The average molecular weight is 387 g/mol. The molecule has 146 valence electrons. The molecule has 0 aliphatic carbocycles. The first-order valence-corrected chi connectivity index (χ1v) is 8.51. The topological polar surface area (TPSA) is 88.1 Å². The number of carbonyl (C=O) groups is 2. The van der Waals surface area contributed by atoms with Crippen molar-refractivity contribution in [2.75, 3.05) is 40.0 Å². The second-order valence-electron chi connectivity index (χ2n) is 6.17. The van der Waals surface area contributed by atoms with Crippen LogP contribution in [0.3, 0.4) is 0 Å². The Morgan fingerprint density at radius 3 is 2.65 bits per heavy atom. The number of nitrogens with zero attached hydrogens (tertiary/aromatic N) is 1. The molecule has 1 aliphatic heterocycles. The van der Waals surface area contributed by atoms with E-state index < -0.39 is 5.97 Å². The predicted molar refractivity (Wildman–Crippen MR) is 99.7 cm³/mol. The first kappa shape index (κ1) is 22.2. The Kier molecular flexibility index (Phi) is 10.0. The van der Waals surface area contributed by atoms with Crippen LogP contribution in [0.25, 0.3) is 0 Å². The molecule has 1 heterocycles. The van der Waals surface area contributed by atoms with Crippen LogP contribution in [0.2, 0.25) is 0 Å². The highest BCUT2D eigenvalue weighted by molar-refractivity contribution is 5.85. The molecule has 2 rings (SSSR count). The minimum atomic E-state index is -0.780. The third-order valence-electron chi connectivity index (χ3n) is 4.19. The van der Waals surface area contributed by atoms with Gasteiger partial charge in [0.15, 0.2) is 0 Å². The van der Waals surface area contributed by atoms with Gasteiger partial charge in [-0.2, -0.15) is 0 Å². The van der Waals surface area contributed by atoms with Crippen molar-refractivity contribution < 1.29 is 24.2 Å². The van der Waals surface area contributed by atoms with E-state index in [9.17, 15) is 9.59 Å². The van der Waals surface area contributed by atoms with Crippen LogP contribution < -0.4 is 10.1 Å². The van der Waals surface area contributed by atoms with Crippen LogP contribution in [0, 0.1) is 5.92 Å². The molecule has 1 saturated heterocycles. The number of carboxylic acids is 1. The number of benzene rings is 1. The Bertz CT molecular complexity index is 567. The van der Waals surface area contributed by atoms with E-state index in [1.807, 2.05) is 29.2 Å². The van der Waals surface area contributed by atoms with Gasteiger partial charge in [-0.1, -0.05) is 12.1 Å². The lowest BCUT2D eigenvalue weighted by atomic mass is 9.98. The molecule has 1 aromatic carbocycles. The molecule has 0 saturated carbocycles. The van der Waals surface area contributed by atoms with Gasteiger partial charge in [0.05, 0.1) is 19.1 Å². The Hall–Kier alpha value is -1.83. The number of hydrogen-bond donors (Lipinski definition) is 2. The summed E-state index contributed by atoms with van der Waals surface area (Å²) in [4.78, 5) is 25.0. The van der Waals surface area contributed by atoms with Gasteiger partial charge in [-0.3, -0.25) is 14.5 Å². The van der Waals surface area contributed by atoms with Crippen LogP contribution in [0.5, 0.6) is 5.75 Å². The fourth-order valence-electron chi connectivity index (χ4n) is 2.81. The van der Waals surface area contributed by atoms with Gasteiger partial charge < -0.3 is 19.9 Å². The molecular formula is C18H27ClN2O5. The molecule has 0 radical (unpaired) electrons. The number of rotatable bonds is 9. The van der Waals surface area contributed by atoms with Gasteiger partial charge in [0.1, 0.15) is 12.4 Å². The van der Waals surface area contributed by atoms with Crippen molar-refractivity contribution in [3.63, 3.8) is 0 Å². The Labute approximate surface area is 160 Å². The summed E-state index contributed by atoms with van der Waals surface area (Å²) < 4.78 is 10.4. The monoisotopic (exact) mass is 386 g/mol. The molecule has 1 unspecified atom stereocenters. The van der Waals surface area contributed by atoms with Gasteiger partial charge >= 0.3 is 5.97 Å². The number of halogens is 1. The number of amides is 1. The molecule has 1 fully saturated rings. The summed E-state index contributed by atoms with van der Waals surface area (Å²) in [5.74, 6) is -0.475. The molecule has 1 aromatic rings. The molecule has 1 atom stereocenters. The fourth-order valence-corrected chi connectivity index (χ4v) is 2.81. The Morgan fingerprint density at radius 2 is 2.00 bits per heavy atom. The van der Waals surface area contributed by atoms with Gasteiger partial charge in [-0.15, -0.1) is 12.4 Å². The lowest BCUT2D eigenvalue weighted by Crippen LogP contribution is -2.44. The number of likely N-dealkylation sites (tertiary alicyclic amines) is 1. The highest BCUT2D eigenvalue weighted by atomic mass is 35.5. The van der Waals surface area contributed by atoms with Crippen molar-refractivity contribution in [2.45, 2.75) is 19.4 Å². The van der Waals surface area contributed by atoms with Gasteiger partial charge in [0, 0.05) is 20.2 Å². The van der Waals surface area contributed by atoms with E-state index >= 15 is 0 Å². The SMILES string of the molecule is COCCOc1ccc(CNC(=O)CN2CCCC(C(=O)O)C2)cc1.Cl. The molecule has 1 aliphatic rings. The summed E-state index contributed by atoms with van der Waals surface area (Å²) in [6, 6.07) is 7.53. The number of piperidine rings is 1. The third-order valence-corrected chi connectivity index (χ3v) is 4.19. The van der Waals surface area contributed by atoms with Crippen molar-refractivity contribution in [2.24, 2.45) is 5.92 Å². The Morgan fingerprint density at radius 1 is 1.27 bits per heavy atom. The standard InChI is InChI=1S/C18H26N2O5.ClH/c1-24-9-10-25-16-6-4-14(5-7-16)11-19-17(21)13-20-8-2-3-15(12-20)18(22)23;/h4-7,15H,2-3,8-13H2,1H3,(H,19,21)(H,22,23);1H. The largest absolute Gasteiger partial charge is 0.491 e. The average Bonchev–Trinajstić information content (AvgIpc) is 2.61. The number of carboxylic acid groups (broad SMARTS) is 1. The summed E-state index contributed by atoms with van der Waals surface area (Å²) >= 11 is 0. The van der Waals surface area contributed by atoms with Crippen molar-refractivity contribution in [3.05, 3.63) is 29.8 Å². The van der Waals surface area contributed by atoms with E-state index in [0.29, 0.717) is 32.7 Å². The van der Waals surface area contributed by atoms with E-state index in [4.69, 9.17) is 14.6 Å². The van der Waals surface area contributed by atoms with Crippen molar-refractivity contribution in [1.82, 2.24) is 10.2 Å². The molecule has 8 heteroatoms. The molecule has 2 N–H and O–H groups in total. The zero-order valence-corrected chi connectivity index (χ0v) is 15.8. The number of methoxy groups -OCH3 is 1. The molecule has 7 nitrogen and oxygen atoms in total. The van der Waals surface area contributed by atoms with Crippen LogP contribution >= 0.6 is 12.4 Å². The molecular weight excluding hydrogens is 360 g/mol. The van der Waals surface area contributed by atoms with Crippen LogP contribution in [-0.2, 0) is 20.9 Å². The summed E-state index contributed by atoms with van der Waals surface area (Å²) in [6.07, 6.45) is 1.50. The first-order valence-electron chi connectivity index (χ1n) is 8.51. The lowest BCUT2D eigenvalue weighted by Gasteiger charge is -2.29. The maximum absolute atomic E-state index is 12.1. The number of hydrogen-bond acceptors (Lipinski definition) is 5. The maximum atomic E-state index is 12.1. The van der Waals surface area contributed by atoms with Crippen LogP contribution in [0.1, 0.15) is 18.4 Å². The van der Waals surface area contributed by atoms with Crippen molar-refractivity contribution in [1.29, 1.82) is 0 Å². The number of ether oxygens (including phenoxy) is 2. The highest BCUT2D eigenvalue weighted by Crippen LogP contribution is 2.16. The number of carbonyl (C=O) groups excluding carboxylic acids is 1. The highest BCUT2D eigenvalue weighted by Gasteiger charge is 2.26. The maximum Gasteiger partial charge on any atom is 0.307 e. The molecule has 0 aromatic heterocycles. The van der Waals surface area contributed by atoms with Crippen LogP contribution in [-0.4, -0.2) is 61.8 Å². The zero-order valence-electron chi connectivity index (χ0n) is 15.0. The van der Waals surface area contributed by atoms with Gasteiger partial charge in [-0.25, -0.2) is 0 Å². The van der Waals surface area contributed by atoms with Crippen molar-refractivity contribution >= 4 is 24.3 Å². The molecule has 26 heavy (non-hydrogen) atoms. The number of nitrogens with one attached hydrogen (secondary N) is 1. The van der Waals surface area contributed by atoms with Crippen LogP contribution in [0.4, 0.5) is 0 Å². The minimum absolute atomic E-state index is 0. The van der Waals surface area contributed by atoms with E-state index in [-0.39, 0.29) is 30.8 Å². The quantitative estimate of drug-likeness (QED) is 0.626. The molecule has 0 spiro atoms. The summed E-state index contributed by atoms with van der Waals surface area (Å²) in [5.41, 5.74) is 0.981. The van der Waals surface area contributed by atoms with E-state index in [1.54, 1.807) is 7.11 Å². The predicted octanol–water partition coefficient (Wildman–Crippen LogP) is 1.55. The summed E-state index contributed by atoms with van der Waals surface area (Å²) in [5, 5.41) is 12.0. The van der Waals surface area contributed by atoms with Crippen LogP contribution in [0.15, 0.2) is 24.3 Å². The van der Waals surface area contributed by atoms with E-state index in [0.717, 1.165) is 24.3 Å². The zero-order chi connectivity index (χ0) is 18.1. The lowest BCUT2D eigenvalue weighted by molar-refractivity contribution is -0.144. The number of aliphatic carboxylic acids is 1. The second kappa shape index (κ2) is 11.7. The van der Waals surface area contributed by atoms with E-state index in [2.05, 4.69) is 5.32 Å². The summed E-state index contributed by atoms with van der Waals surface area (Å²) in [7, 11) is 1.63. The van der Waals surface area contributed by atoms with Gasteiger partial charge in [0.2, 0.25) is 5.91 Å². The first-order chi connectivity index (χ1) is 12.1. The normalized spacial score (nSPS) is 17.2. The van der Waals surface area contributed by atoms with Crippen molar-refractivity contribution in [3.8, 4) is 5.75 Å². The summed E-state index contributed by atoms with van der Waals surface area (Å²) in [6.45, 7) is 2.92.